The highest BCUT2D eigenvalue weighted by molar-refractivity contribution is 9.11. The number of nitro benzene ring substituents is 1. The van der Waals surface area contributed by atoms with Crippen LogP contribution in [0.3, 0.4) is 0 Å². The number of aromatic nitrogens is 1. The molecule has 0 saturated heterocycles. The minimum Gasteiger partial charge on any atom is -0.506 e. The van der Waals surface area contributed by atoms with Crippen molar-refractivity contribution >= 4 is 55.1 Å². The van der Waals surface area contributed by atoms with Crippen LogP contribution >= 0.6 is 43.2 Å². The van der Waals surface area contributed by atoms with Crippen LogP contribution in [0.4, 0.5) is 5.69 Å². The molecule has 0 aliphatic rings. The fourth-order valence-electron chi connectivity index (χ4n) is 2.44. The van der Waals surface area contributed by atoms with Crippen LogP contribution in [0.5, 0.6) is 5.75 Å². The fourth-order valence-corrected chi connectivity index (χ4v) is 4.55. The average Bonchev–Trinajstić information content (AvgIpc) is 3.10. The molecular formula is C19H14Br2N4O3S. The van der Waals surface area contributed by atoms with E-state index >= 15 is 0 Å². The maximum absolute atomic E-state index is 11.1. The summed E-state index contributed by atoms with van der Waals surface area (Å²) in [5.74, 6) is 0.0502. The molecule has 1 N–H and O–H groups in total. The molecule has 7 nitrogen and oxygen atoms in total. The molecule has 0 aliphatic carbocycles. The molecule has 0 atom stereocenters. The largest absolute Gasteiger partial charge is 0.506 e. The van der Waals surface area contributed by atoms with Crippen LogP contribution in [0.1, 0.15) is 5.56 Å². The molecule has 3 aromatic rings. The van der Waals surface area contributed by atoms with Gasteiger partial charge >= 0.3 is 0 Å². The summed E-state index contributed by atoms with van der Waals surface area (Å²) in [6.45, 7) is 4.07. The number of halogens is 2. The van der Waals surface area contributed by atoms with E-state index in [4.69, 9.17) is 0 Å². The summed E-state index contributed by atoms with van der Waals surface area (Å²) in [4.78, 5) is 15.7. The van der Waals surface area contributed by atoms with E-state index in [0.717, 1.165) is 4.47 Å². The Hall–Kier alpha value is -2.56. The summed E-state index contributed by atoms with van der Waals surface area (Å²) in [6.07, 6.45) is 3.17. The second-order valence-electron chi connectivity index (χ2n) is 5.72. The van der Waals surface area contributed by atoms with E-state index in [1.165, 1.54) is 29.7 Å². The molecule has 3 rings (SSSR count). The maximum atomic E-state index is 11.1. The summed E-state index contributed by atoms with van der Waals surface area (Å²) < 4.78 is 2.88. The van der Waals surface area contributed by atoms with Crippen LogP contribution in [0.25, 0.3) is 11.3 Å². The van der Waals surface area contributed by atoms with Gasteiger partial charge in [-0.25, -0.2) is 4.68 Å². The third-order valence-electron chi connectivity index (χ3n) is 3.76. The molecule has 148 valence electrons. The first-order valence-electron chi connectivity index (χ1n) is 8.20. The molecular weight excluding hydrogens is 524 g/mol. The normalized spacial score (nSPS) is 11.9. The highest BCUT2D eigenvalue weighted by atomic mass is 79.9. The summed E-state index contributed by atoms with van der Waals surface area (Å²) in [6, 6.07) is 9.76. The number of hydrogen-bond acceptors (Lipinski definition) is 6. The van der Waals surface area contributed by atoms with E-state index < -0.39 is 4.92 Å². The molecule has 1 heterocycles. The number of thiazole rings is 1. The van der Waals surface area contributed by atoms with Gasteiger partial charge < -0.3 is 5.11 Å². The number of benzene rings is 2. The third-order valence-corrected chi connectivity index (χ3v) is 5.68. The van der Waals surface area contributed by atoms with Crippen LogP contribution < -0.4 is 4.80 Å². The first-order valence-corrected chi connectivity index (χ1v) is 10.7. The van der Waals surface area contributed by atoms with Crippen molar-refractivity contribution in [2.75, 3.05) is 6.54 Å². The van der Waals surface area contributed by atoms with E-state index in [1.807, 2.05) is 5.38 Å². The highest BCUT2D eigenvalue weighted by Gasteiger charge is 2.12. The van der Waals surface area contributed by atoms with E-state index in [9.17, 15) is 15.2 Å². The van der Waals surface area contributed by atoms with Crippen molar-refractivity contribution in [3.8, 4) is 17.0 Å². The number of rotatable bonds is 6. The van der Waals surface area contributed by atoms with Crippen molar-refractivity contribution in [1.29, 1.82) is 0 Å². The SMILES string of the molecule is C=CCN=c1scc(-c2cccc([N+](=O)[O-])c2)n1N=Cc1cc(Br)cc(Br)c1O. The van der Waals surface area contributed by atoms with Crippen molar-refractivity contribution in [3.63, 3.8) is 0 Å². The lowest BCUT2D eigenvalue weighted by Crippen LogP contribution is -2.12. The Balaban J connectivity index is 2.14. The van der Waals surface area contributed by atoms with Crippen LogP contribution in [0, 0.1) is 10.1 Å². The highest BCUT2D eigenvalue weighted by Crippen LogP contribution is 2.31. The van der Waals surface area contributed by atoms with Crippen molar-refractivity contribution in [3.05, 3.63) is 83.9 Å². The van der Waals surface area contributed by atoms with E-state index in [2.05, 4.69) is 48.5 Å². The van der Waals surface area contributed by atoms with Gasteiger partial charge in [0, 0.05) is 33.1 Å². The Morgan fingerprint density at radius 1 is 1.31 bits per heavy atom. The number of phenols is 1. The zero-order valence-electron chi connectivity index (χ0n) is 14.8. The predicted molar refractivity (Wildman–Crippen MR) is 122 cm³/mol. The van der Waals surface area contributed by atoms with Gasteiger partial charge in [-0.1, -0.05) is 34.1 Å². The first-order chi connectivity index (χ1) is 13.9. The van der Waals surface area contributed by atoms with E-state index in [-0.39, 0.29) is 11.4 Å². The molecule has 0 spiro atoms. The van der Waals surface area contributed by atoms with Gasteiger partial charge in [-0.3, -0.25) is 15.1 Å². The van der Waals surface area contributed by atoms with Crippen molar-refractivity contribution in [2.24, 2.45) is 10.1 Å². The summed E-state index contributed by atoms with van der Waals surface area (Å²) >= 11 is 8.04. The zero-order chi connectivity index (χ0) is 21.0. The Morgan fingerprint density at radius 3 is 2.83 bits per heavy atom. The van der Waals surface area contributed by atoms with Crippen molar-refractivity contribution in [2.45, 2.75) is 0 Å². The number of nitrogens with zero attached hydrogens (tertiary/aromatic N) is 4. The monoisotopic (exact) mass is 536 g/mol. The topological polar surface area (TPSA) is 93.0 Å². The fraction of sp³-hybridized carbons (Fsp3) is 0.0526. The second-order valence-corrected chi connectivity index (χ2v) is 8.33. The van der Waals surface area contributed by atoms with Crippen LogP contribution in [-0.2, 0) is 0 Å². The van der Waals surface area contributed by atoms with Crippen LogP contribution in [-0.4, -0.2) is 27.5 Å². The molecule has 2 aromatic carbocycles. The summed E-state index contributed by atoms with van der Waals surface area (Å²) in [5, 5.41) is 27.7. The number of hydrogen-bond donors (Lipinski definition) is 1. The Kier molecular flexibility index (Phi) is 6.78. The van der Waals surface area contributed by atoms with Crippen molar-refractivity contribution < 1.29 is 10.0 Å². The number of aromatic hydroxyl groups is 1. The minimum absolute atomic E-state index is 0.0117. The molecule has 29 heavy (non-hydrogen) atoms. The van der Waals surface area contributed by atoms with Gasteiger partial charge in [-0.2, -0.15) is 5.10 Å². The number of nitro groups is 1. The lowest BCUT2D eigenvalue weighted by Gasteiger charge is -2.05. The number of non-ortho nitro benzene ring substituents is 1. The lowest BCUT2D eigenvalue weighted by atomic mass is 10.1. The molecule has 0 amide bonds. The molecule has 1 aromatic heterocycles. The Labute approximate surface area is 186 Å². The van der Waals surface area contributed by atoms with Gasteiger partial charge in [0.05, 0.1) is 27.8 Å². The molecule has 0 saturated carbocycles. The molecule has 0 aliphatic heterocycles. The van der Waals surface area contributed by atoms with Crippen LogP contribution in [0.2, 0.25) is 0 Å². The summed E-state index contributed by atoms with van der Waals surface area (Å²) in [7, 11) is 0. The molecule has 0 bridgehead atoms. The molecule has 0 unspecified atom stereocenters. The summed E-state index contributed by atoms with van der Waals surface area (Å²) in [5.41, 5.74) is 1.76. The molecule has 10 heteroatoms. The molecule has 0 fully saturated rings. The smallest absolute Gasteiger partial charge is 0.270 e. The van der Waals surface area contributed by atoms with Crippen LogP contribution in [0.15, 0.2) is 73.5 Å². The van der Waals surface area contributed by atoms with E-state index in [1.54, 1.807) is 35.0 Å². The first kappa shape index (κ1) is 21.2. The van der Waals surface area contributed by atoms with E-state index in [0.29, 0.717) is 32.6 Å². The lowest BCUT2D eigenvalue weighted by molar-refractivity contribution is -0.384. The third kappa shape index (κ3) is 4.89. The standard InChI is InChI=1S/C19H14Br2N4O3S/c1-2-6-22-19-24(23-10-13-7-14(20)9-16(21)18(13)26)17(11-29-19)12-4-3-5-15(8-12)25(27)28/h2-5,7-11,26H,1,6H2. The van der Waals surface area contributed by atoms with Gasteiger partial charge in [0.2, 0.25) is 4.80 Å². The quantitative estimate of drug-likeness (QED) is 0.199. The van der Waals surface area contributed by atoms with Gasteiger partial charge in [0.1, 0.15) is 5.75 Å². The van der Waals surface area contributed by atoms with Gasteiger partial charge in [-0.05, 0) is 28.1 Å². The van der Waals surface area contributed by atoms with Gasteiger partial charge in [-0.15, -0.1) is 17.9 Å². The Bertz CT molecular complexity index is 1180. The van der Waals surface area contributed by atoms with Gasteiger partial charge in [0.25, 0.3) is 5.69 Å². The number of phenolic OH excluding ortho intramolecular Hbond substituents is 1. The average molecular weight is 538 g/mol. The minimum atomic E-state index is -0.441. The predicted octanol–water partition coefficient (Wildman–Crippen LogP) is 5.32. The Morgan fingerprint density at radius 2 is 2.10 bits per heavy atom. The molecule has 0 radical (unpaired) electrons. The second kappa shape index (κ2) is 9.29. The van der Waals surface area contributed by atoms with Crippen molar-refractivity contribution in [1.82, 2.24) is 4.68 Å². The zero-order valence-corrected chi connectivity index (χ0v) is 18.8. The maximum Gasteiger partial charge on any atom is 0.270 e. The van der Waals surface area contributed by atoms with Gasteiger partial charge in [0.15, 0.2) is 0 Å².